The molecule has 1 aromatic carbocycles. The molecule has 1 aromatic heterocycles. The van der Waals surface area contributed by atoms with Gasteiger partial charge >= 0.3 is 0 Å². The van der Waals surface area contributed by atoms with Crippen molar-refractivity contribution in [3.63, 3.8) is 0 Å². The number of rotatable bonds is 4. The second-order valence-corrected chi connectivity index (χ2v) is 6.49. The van der Waals surface area contributed by atoms with Gasteiger partial charge in [0.25, 0.3) is 0 Å². The molecular weight excluding hydrogens is 283 g/mol. The first kappa shape index (κ1) is 14.5. The summed E-state index contributed by atoms with van der Waals surface area (Å²) in [7, 11) is 0. The summed E-state index contributed by atoms with van der Waals surface area (Å²) in [6, 6.07) is 8.03. The Morgan fingerprint density at radius 2 is 2.24 bits per heavy atom. The SMILES string of the molecule is CCNCc1ccc(N2CCc3sccc3C2C)c(F)c1. The third kappa shape index (κ3) is 2.83. The Morgan fingerprint density at radius 1 is 1.38 bits per heavy atom. The summed E-state index contributed by atoms with van der Waals surface area (Å²) in [5, 5.41) is 5.37. The molecule has 3 rings (SSSR count). The van der Waals surface area contributed by atoms with Crippen molar-refractivity contribution in [1.29, 1.82) is 0 Å². The normalized spacial score (nSPS) is 17.9. The third-order valence-electron chi connectivity index (χ3n) is 4.18. The Balaban J connectivity index is 1.84. The summed E-state index contributed by atoms with van der Waals surface area (Å²) in [5.74, 6) is -0.115. The number of hydrogen-bond donors (Lipinski definition) is 1. The highest BCUT2D eigenvalue weighted by Crippen LogP contribution is 2.37. The minimum absolute atomic E-state index is 0.115. The van der Waals surface area contributed by atoms with Crippen LogP contribution in [0.15, 0.2) is 29.6 Å². The van der Waals surface area contributed by atoms with E-state index in [2.05, 4.69) is 35.5 Å². The fraction of sp³-hybridized carbons (Fsp3) is 0.412. The summed E-state index contributed by atoms with van der Waals surface area (Å²) < 4.78 is 14.5. The predicted octanol–water partition coefficient (Wildman–Crippen LogP) is 4.12. The molecule has 0 aliphatic carbocycles. The van der Waals surface area contributed by atoms with Gasteiger partial charge in [0.2, 0.25) is 0 Å². The zero-order valence-corrected chi connectivity index (χ0v) is 13.3. The lowest BCUT2D eigenvalue weighted by molar-refractivity contribution is 0.579. The number of halogens is 1. The van der Waals surface area contributed by atoms with E-state index >= 15 is 0 Å². The van der Waals surface area contributed by atoms with E-state index in [1.54, 1.807) is 6.07 Å². The number of benzene rings is 1. The van der Waals surface area contributed by atoms with Crippen molar-refractivity contribution in [3.8, 4) is 0 Å². The van der Waals surface area contributed by atoms with Gasteiger partial charge in [-0.05, 0) is 54.6 Å². The Bertz CT molecular complexity index is 623. The highest BCUT2D eigenvalue weighted by Gasteiger charge is 2.26. The minimum Gasteiger partial charge on any atom is -0.362 e. The molecule has 0 radical (unpaired) electrons. The minimum atomic E-state index is -0.115. The van der Waals surface area contributed by atoms with Gasteiger partial charge in [-0.3, -0.25) is 0 Å². The molecule has 0 amide bonds. The van der Waals surface area contributed by atoms with Crippen LogP contribution in [0.5, 0.6) is 0 Å². The first-order chi connectivity index (χ1) is 10.2. The summed E-state index contributed by atoms with van der Waals surface area (Å²) >= 11 is 1.81. The first-order valence-corrected chi connectivity index (χ1v) is 8.40. The summed E-state index contributed by atoms with van der Waals surface area (Å²) in [4.78, 5) is 3.63. The van der Waals surface area contributed by atoms with Gasteiger partial charge < -0.3 is 10.2 Å². The number of hydrogen-bond acceptors (Lipinski definition) is 3. The second kappa shape index (κ2) is 6.16. The maximum Gasteiger partial charge on any atom is 0.146 e. The molecule has 1 atom stereocenters. The van der Waals surface area contributed by atoms with Crippen LogP contribution in [0.3, 0.4) is 0 Å². The highest BCUT2D eigenvalue weighted by atomic mass is 32.1. The van der Waals surface area contributed by atoms with Crippen LogP contribution in [-0.4, -0.2) is 13.1 Å². The van der Waals surface area contributed by atoms with Crippen LogP contribution in [0, 0.1) is 5.82 Å². The van der Waals surface area contributed by atoms with Crippen molar-refractivity contribution in [3.05, 3.63) is 51.5 Å². The van der Waals surface area contributed by atoms with Crippen molar-refractivity contribution >= 4 is 17.0 Å². The van der Waals surface area contributed by atoms with E-state index in [1.807, 2.05) is 23.5 Å². The smallest absolute Gasteiger partial charge is 0.146 e. The number of anilines is 1. The largest absolute Gasteiger partial charge is 0.362 e. The maximum absolute atomic E-state index is 14.5. The summed E-state index contributed by atoms with van der Waals surface area (Å²) in [6.45, 7) is 6.72. The van der Waals surface area contributed by atoms with Crippen LogP contribution in [0.1, 0.15) is 35.9 Å². The van der Waals surface area contributed by atoms with E-state index in [-0.39, 0.29) is 11.9 Å². The number of fused-ring (bicyclic) bond motifs is 1. The second-order valence-electron chi connectivity index (χ2n) is 5.48. The van der Waals surface area contributed by atoms with E-state index in [0.29, 0.717) is 0 Å². The standard InChI is InChI=1S/C17H21FN2S/c1-3-19-11-13-4-5-16(15(18)10-13)20-8-6-17-14(12(20)2)7-9-21-17/h4-5,7,9-10,12,19H,3,6,8,11H2,1-2H3. The molecule has 0 fully saturated rings. The topological polar surface area (TPSA) is 15.3 Å². The van der Waals surface area contributed by atoms with E-state index in [0.717, 1.165) is 37.3 Å². The molecule has 2 aromatic rings. The Morgan fingerprint density at radius 3 is 3.00 bits per heavy atom. The fourth-order valence-corrected chi connectivity index (χ4v) is 3.96. The molecule has 0 bridgehead atoms. The number of nitrogens with zero attached hydrogens (tertiary/aromatic N) is 1. The monoisotopic (exact) mass is 304 g/mol. The number of nitrogens with one attached hydrogen (secondary N) is 1. The number of thiophene rings is 1. The molecule has 112 valence electrons. The maximum atomic E-state index is 14.5. The van der Waals surface area contributed by atoms with Crippen molar-refractivity contribution < 1.29 is 4.39 Å². The van der Waals surface area contributed by atoms with Gasteiger partial charge in [-0.15, -0.1) is 11.3 Å². The molecule has 0 saturated carbocycles. The molecule has 4 heteroatoms. The molecule has 2 nitrogen and oxygen atoms in total. The highest BCUT2D eigenvalue weighted by molar-refractivity contribution is 7.10. The molecule has 1 aliphatic rings. The molecule has 0 spiro atoms. The van der Waals surface area contributed by atoms with Gasteiger partial charge in [0.15, 0.2) is 0 Å². The van der Waals surface area contributed by atoms with Gasteiger partial charge in [0, 0.05) is 18.0 Å². The molecular formula is C17H21FN2S. The van der Waals surface area contributed by atoms with Crippen molar-refractivity contribution in [2.45, 2.75) is 32.9 Å². The van der Waals surface area contributed by atoms with Gasteiger partial charge in [-0.2, -0.15) is 0 Å². The predicted molar refractivity (Wildman–Crippen MR) is 87.6 cm³/mol. The third-order valence-corrected chi connectivity index (χ3v) is 5.17. The van der Waals surface area contributed by atoms with E-state index in [9.17, 15) is 4.39 Å². The lowest BCUT2D eigenvalue weighted by atomic mass is 10.0. The zero-order valence-electron chi connectivity index (χ0n) is 12.5. The Labute approximate surface area is 129 Å². The molecule has 0 saturated heterocycles. The van der Waals surface area contributed by atoms with Gasteiger partial charge in [0.05, 0.1) is 11.7 Å². The van der Waals surface area contributed by atoms with Crippen LogP contribution < -0.4 is 10.2 Å². The van der Waals surface area contributed by atoms with Crippen LogP contribution in [0.2, 0.25) is 0 Å². The molecule has 1 N–H and O–H groups in total. The molecule has 1 aliphatic heterocycles. The molecule has 2 heterocycles. The Kier molecular flexibility index (Phi) is 4.27. The van der Waals surface area contributed by atoms with E-state index in [4.69, 9.17) is 0 Å². The quantitative estimate of drug-likeness (QED) is 0.914. The average Bonchev–Trinajstić information content (AvgIpc) is 2.96. The van der Waals surface area contributed by atoms with Crippen LogP contribution in [0.25, 0.3) is 0 Å². The lowest BCUT2D eigenvalue weighted by Gasteiger charge is -2.35. The Hall–Kier alpha value is -1.39. The van der Waals surface area contributed by atoms with E-state index < -0.39 is 0 Å². The van der Waals surface area contributed by atoms with E-state index in [1.165, 1.54) is 10.4 Å². The first-order valence-electron chi connectivity index (χ1n) is 7.52. The van der Waals surface area contributed by atoms with Crippen LogP contribution >= 0.6 is 11.3 Å². The zero-order chi connectivity index (χ0) is 14.8. The fourth-order valence-electron chi connectivity index (χ4n) is 3.00. The summed E-state index contributed by atoms with van der Waals surface area (Å²) in [5.41, 5.74) is 3.07. The molecule has 1 unspecified atom stereocenters. The van der Waals surface area contributed by atoms with Crippen LogP contribution in [0.4, 0.5) is 10.1 Å². The lowest BCUT2D eigenvalue weighted by Crippen LogP contribution is -2.33. The van der Waals surface area contributed by atoms with Crippen molar-refractivity contribution in [2.75, 3.05) is 18.0 Å². The van der Waals surface area contributed by atoms with Gasteiger partial charge in [0.1, 0.15) is 5.82 Å². The van der Waals surface area contributed by atoms with Crippen LogP contribution in [-0.2, 0) is 13.0 Å². The molecule has 21 heavy (non-hydrogen) atoms. The van der Waals surface area contributed by atoms with Crippen molar-refractivity contribution in [1.82, 2.24) is 5.32 Å². The van der Waals surface area contributed by atoms with Gasteiger partial charge in [-0.25, -0.2) is 4.39 Å². The average molecular weight is 304 g/mol. The summed E-state index contributed by atoms with van der Waals surface area (Å²) in [6.07, 6.45) is 1.01. The van der Waals surface area contributed by atoms with Crippen molar-refractivity contribution in [2.24, 2.45) is 0 Å². The van der Waals surface area contributed by atoms with Gasteiger partial charge in [-0.1, -0.05) is 13.0 Å².